The first-order valence-electron chi connectivity index (χ1n) is 41.0. The number of aliphatic hydroxyl groups excluding tert-OH is 1. The molecule has 0 radical (unpaired) electrons. The molecular formula is C78H123N21O17S. The van der Waals surface area contributed by atoms with Crippen LogP contribution >= 0.6 is 0 Å². The lowest BCUT2D eigenvalue weighted by Gasteiger charge is -2.31. The summed E-state index contributed by atoms with van der Waals surface area (Å²) >= 11 is 0. The number of rotatable bonds is 47. The van der Waals surface area contributed by atoms with Crippen LogP contribution in [0.2, 0.25) is 0 Å². The maximum atomic E-state index is 15.1. The Morgan fingerprint density at radius 3 is 2.03 bits per heavy atom. The number of sulfonamides is 1. The lowest BCUT2D eigenvalue weighted by Crippen LogP contribution is -2.60. The number of para-hydroxylation sites is 1. The van der Waals surface area contributed by atoms with E-state index in [2.05, 4.69) is 83.2 Å². The number of tetrazole rings is 1. The van der Waals surface area contributed by atoms with Gasteiger partial charge in [0.05, 0.1) is 31.7 Å². The van der Waals surface area contributed by atoms with Gasteiger partial charge in [0.15, 0.2) is 11.8 Å². The van der Waals surface area contributed by atoms with Crippen LogP contribution in [-0.2, 0) is 96.3 Å². The van der Waals surface area contributed by atoms with Gasteiger partial charge in [-0.05, 0) is 81.4 Å². The van der Waals surface area contributed by atoms with E-state index in [0.29, 0.717) is 30.4 Å². The average molecular weight is 1660 g/mol. The number of benzene rings is 2. The monoisotopic (exact) mass is 1660 g/mol. The minimum Gasteiger partial charge on any atom is -0.391 e. The number of ether oxygens (including phenoxy) is 2. The van der Waals surface area contributed by atoms with Crippen molar-refractivity contribution < 1.29 is 80.5 Å². The smallest absolute Gasteiger partial charge is 0.246 e. The van der Waals surface area contributed by atoms with Crippen LogP contribution in [0.4, 0.5) is 0 Å². The molecule has 2 saturated heterocycles. The Labute approximate surface area is 682 Å². The lowest BCUT2D eigenvalue weighted by atomic mass is 10.0. The van der Waals surface area contributed by atoms with E-state index in [1.165, 1.54) is 38.5 Å². The number of aryl methyl sites for hydroxylation is 1. The minimum atomic E-state index is -3.93. The molecule has 0 aliphatic carbocycles. The lowest BCUT2D eigenvalue weighted by molar-refractivity contribution is -0.143. The van der Waals surface area contributed by atoms with E-state index in [1.807, 2.05) is 25.1 Å². The third kappa shape index (κ3) is 36.9. The van der Waals surface area contributed by atoms with Crippen LogP contribution in [-0.4, -0.2) is 240 Å². The summed E-state index contributed by atoms with van der Waals surface area (Å²) in [6, 6.07) is 4.44. The Morgan fingerprint density at radius 2 is 1.33 bits per heavy atom. The number of nitrogens with zero attached hydrogens (tertiary/aromatic N) is 5. The van der Waals surface area contributed by atoms with E-state index >= 15 is 4.79 Å². The molecule has 2 aromatic heterocycles. The summed E-state index contributed by atoms with van der Waals surface area (Å²) in [5.74, 6) is -9.18. The number of primary amides is 1. The molecule has 2 aliphatic rings. The summed E-state index contributed by atoms with van der Waals surface area (Å²) in [6.45, 7) is 0.499. The maximum absolute atomic E-state index is 15.1. The van der Waals surface area contributed by atoms with Gasteiger partial charge in [0.1, 0.15) is 54.9 Å². The first kappa shape index (κ1) is 95.6. The molecular weight excluding hydrogens is 1540 g/mol. The summed E-state index contributed by atoms with van der Waals surface area (Å²) < 4.78 is 38.1. The Balaban J connectivity index is 0.994. The molecule has 0 saturated carbocycles. The molecule has 648 valence electrons. The number of aliphatic imine (C=N–C) groups is 1. The topological polar surface area (TPSA) is 588 Å². The zero-order valence-corrected chi connectivity index (χ0v) is 68.0. The minimum absolute atomic E-state index is 0.00550. The molecule has 0 unspecified atom stereocenters. The molecule has 39 heteroatoms. The first-order valence-corrected chi connectivity index (χ1v) is 42.7. The zero-order valence-electron chi connectivity index (χ0n) is 67.2. The van der Waals surface area contributed by atoms with Gasteiger partial charge >= 0.3 is 0 Å². The Hall–Kier alpha value is -10.3. The van der Waals surface area contributed by atoms with E-state index in [0.717, 1.165) is 66.6 Å². The highest BCUT2D eigenvalue weighted by molar-refractivity contribution is 7.90. The number of nitrogens with one attached hydrogen (secondary N) is 12. The number of carbonyl (C=O) groups excluding carboxylic acids is 12. The molecule has 9 atom stereocenters. The number of amides is 12. The van der Waals surface area contributed by atoms with Crippen LogP contribution < -0.4 is 75.5 Å². The molecule has 2 aromatic carbocycles. The number of fused-ring (bicyclic) bond motifs is 2. The molecule has 117 heavy (non-hydrogen) atoms. The quantitative estimate of drug-likeness (QED) is 0.0153. The number of hydrogen-bond acceptors (Lipinski definition) is 22. The number of nitrogens with two attached hydrogens (primary N) is 4. The number of guanidine groups is 1. The third-order valence-corrected chi connectivity index (χ3v) is 21.5. The van der Waals surface area contributed by atoms with Crippen LogP contribution in [0.15, 0.2) is 65.8 Å². The van der Waals surface area contributed by atoms with Gasteiger partial charge in [-0.25, -0.2) is 8.42 Å². The maximum Gasteiger partial charge on any atom is 0.246 e. The van der Waals surface area contributed by atoms with E-state index in [-0.39, 0.29) is 129 Å². The zero-order chi connectivity index (χ0) is 84.7. The molecule has 12 amide bonds. The summed E-state index contributed by atoms with van der Waals surface area (Å²) in [6.07, 6.45) is 15.3. The Bertz CT molecular complexity index is 3930. The molecule has 4 aromatic rings. The number of aromatic nitrogens is 5. The van der Waals surface area contributed by atoms with Gasteiger partial charge in [0.25, 0.3) is 0 Å². The van der Waals surface area contributed by atoms with Crippen LogP contribution in [0.25, 0.3) is 10.9 Å². The van der Waals surface area contributed by atoms with Crippen molar-refractivity contribution in [1.29, 1.82) is 0 Å². The Morgan fingerprint density at radius 1 is 0.684 bits per heavy atom. The summed E-state index contributed by atoms with van der Waals surface area (Å²) in [5, 5.41) is 50.1. The average Bonchev–Trinajstić information content (AvgIpc) is 1.69. The highest BCUT2D eigenvalue weighted by atomic mass is 32.2. The largest absolute Gasteiger partial charge is 0.391 e. The number of aromatic amines is 2. The summed E-state index contributed by atoms with van der Waals surface area (Å²) in [5.41, 5.74) is 25.0. The van der Waals surface area contributed by atoms with Crippen LogP contribution in [0.1, 0.15) is 197 Å². The fourth-order valence-electron chi connectivity index (χ4n) is 13.7. The fraction of sp³-hybridized carbons (Fsp3) is 0.641. The highest BCUT2D eigenvalue weighted by Crippen LogP contribution is 2.24. The van der Waals surface area contributed by atoms with E-state index < -0.39 is 167 Å². The summed E-state index contributed by atoms with van der Waals surface area (Å²) in [7, 11) is -3.93. The van der Waals surface area contributed by atoms with E-state index in [1.54, 1.807) is 42.6 Å². The molecule has 4 heterocycles. The number of carbonyl (C=O) groups is 12. The standard InChI is InChI=1S/C78H123N21O17S/c1-2-3-29-58(90-75(110)63(48-79)87-69(104)51-116-43-42-115-41-40-84-66(101)35-25-44-117(113,114)96-68(103)34-19-14-12-10-8-6-4-5-7-9-11-13-18-33-65-94-97-98-95-65)71(106)91-60-36-37-67(102)83-38-23-22-31-57(70(80)105)88-74(109)62(46-53-49-86-56-30-21-20-28-55(53)56)92-72(107)59(32-24-39-85-78(81)82)89-73(108)61(45-52-26-16-15-17-27-52)93-76(111)64-47-54(100)50-99(64)77(60)112/h15-17,20-21,26-28,30,49,54,57-64,86,100H,2-14,18-19,22-25,29,31-48,50-51,79H2,1H3,(H2,80,105)(H,83,102)(H,84,101)(H,87,104)(H,88,109)(H,89,108)(H,90,110)(H,91,106)(H,92,107)(H,93,111)(H,96,103)(H4,81,82,85)(H,94,95,97,98)/t54-,57+,58+,59+,60+,61-,62+,63+,64+/m1/s1. The third-order valence-electron chi connectivity index (χ3n) is 20.1. The second-order valence-electron chi connectivity index (χ2n) is 29.6. The molecule has 2 aliphatic heterocycles. The van der Waals surface area contributed by atoms with Crippen LogP contribution in [0, 0.1) is 0 Å². The SMILES string of the molecule is CCCC[C@H](NC(=O)[C@H](CN)NC(=O)COCCOCCNC(=O)CCCS(=O)(=O)NC(=O)CCCCCCCCCCCCCCCc1nn[nH]n1)C(=O)N[C@H]1CCC(=O)NCCCC[C@@H](C(N)=O)NC(=O)[C@H](Cc2c[nH]c3ccccc23)NC(=O)[C@H](CCCN=C(N)N)NC(=O)[C@@H](Cc2ccccc2)NC(=O)[C@@H]2C[C@@H](O)CN2C1=O. The van der Waals surface area contributed by atoms with Gasteiger partial charge in [-0.1, -0.05) is 144 Å². The number of aliphatic hydroxyl groups is 1. The fourth-order valence-corrected chi connectivity index (χ4v) is 14.8. The second-order valence-corrected chi connectivity index (χ2v) is 31.5. The van der Waals surface area contributed by atoms with E-state index in [4.69, 9.17) is 32.4 Å². The van der Waals surface area contributed by atoms with E-state index in [9.17, 15) is 66.3 Å². The molecule has 6 rings (SSSR count). The number of unbranched alkanes of at least 4 members (excludes halogenated alkanes) is 13. The molecule has 0 bridgehead atoms. The van der Waals surface area contributed by atoms with Crippen molar-refractivity contribution in [2.75, 3.05) is 64.9 Å². The molecule has 21 N–H and O–H groups in total. The number of hydrogen-bond donors (Lipinski definition) is 17. The van der Waals surface area contributed by atoms with Crippen LogP contribution in [0.3, 0.4) is 0 Å². The van der Waals surface area contributed by atoms with Gasteiger partial charge < -0.3 is 95.2 Å². The van der Waals surface area contributed by atoms with Crippen molar-refractivity contribution in [3.05, 3.63) is 77.7 Å². The van der Waals surface area contributed by atoms with Crippen molar-refractivity contribution in [2.24, 2.45) is 27.9 Å². The predicted molar refractivity (Wildman–Crippen MR) is 434 cm³/mol. The normalized spacial score (nSPS) is 19.4. The van der Waals surface area contributed by atoms with Crippen LogP contribution in [0.5, 0.6) is 0 Å². The van der Waals surface area contributed by atoms with Gasteiger partial charge in [0.2, 0.25) is 80.9 Å². The molecule has 0 spiro atoms. The van der Waals surface area contributed by atoms with Gasteiger partial charge in [0, 0.05) is 94.8 Å². The molecule has 38 nitrogen and oxygen atoms in total. The Kier molecular flexibility index (Phi) is 43.4. The van der Waals surface area contributed by atoms with Gasteiger partial charge in [-0.3, -0.25) is 67.2 Å². The van der Waals surface area contributed by atoms with Crippen molar-refractivity contribution in [3.8, 4) is 0 Å². The predicted octanol–water partition coefficient (Wildman–Crippen LogP) is -0.331. The summed E-state index contributed by atoms with van der Waals surface area (Å²) in [4.78, 5) is 175. The second kappa shape index (κ2) is 53.2. The van der Waals surface area contributed by atoms with Crippen molar-refractivity contribution in [3.63, 3.8) is 0 Å². The molecule has 2 fully saturated rings. The van der Waals surface area contributed by atoms with Crippen molar-refractivity contribution >= 4 is 97.8 Å². The number of H-pyrrole nitrogens is 2. The van der Waals surface area contributed by atoms with Crippen molar-refractivity contribution in [1.82, 2.24) is 83.1 Å². The highest BCUT2D eigenvalue weighted by Gasteiger charge is 2.44. The van der Waals surface area contributed by atoms with Gasteiger partial charge in [-0.15, -0.1) is 10.2 Å². The van der Waals surface area contributed by atoms with Crippen molar-refractivity contribution in [2.45, 2.75) is 254 Å². The first-order chi connectivity index (χ1) is 56.3. The van der Waals surface area contributed by atoms with Gasteiger partial charge in [-0.2, -0.15) is 5.21 Å².